The standard InChI is InChI=1S/C8H17N3O/c1-6-2-3-7(4-6)5-10-8(12)11-9/h6-7H,2-5,9H2,1H3,(H2,10,11,12). The Hall–Kier alpha value is -0.770. The lowest BCUT2D eigenvalue weighted by Gasteiger charge is -2.09. The van der Waals surface area contributed by atoms with Crippen molar-refractivity contribution < 1.29 is 4.79 Å². The minimum Gasteiger partial charge on any atom is -0.337 e. The average Bonchev–Trinajstić information content (AvgIpc) is 2.47. The van der Waals surface area contributed by atoms with Crippen LogP contribution in [0.5, 0.6) is 0 Å². The van der Waals surface area contributed by atoms with Crippen molar-refractivity contribution >= 4 is 6.03 Å². The molecule has 1 aliphatic rings. The van der Waals surface area contributed by atoms with E-state index in [1.54, 1.807) is 0 Å². The second-order valence-corrected chi connectivity index (χ2v) is 3.64. The maximum atomic E-state index is 10.7. The highest BCUT2D eigenvalue weighted by Crippen LogP contribution is 2.29. The lowest BCUT2D eigenvalue weighted by atomic mass is 10.1. The highest BCUT2D eigenvalue weighted by molar-refractivity contribution is 5.72. The summed E-state index contributed by atoms with van der Waals surface area (Å²) in [5.74, 6) is 6.39. The van der Waals surface area contributed by atoms with E-state index in [9.17, 15) is 4.79 Å². The molecular weight excluding hydrogens is 154 g/mol. The van der Waals surface area contributed by atoms with Crippen LogP contribution < -0.4 is 16.6 Å². The fourth-order valence-electron chi connectivity index (χ4n) is 1.80. The van der Waals surface area contributed by atoms with Gasteiger partial charge in [-0.2, -0.15) is 0 Å². The van der Waals surface area contributed by atoms with Crippen LogP contribution in [-0.2, 0) is 0 Å². The summed E-state index contributed by atoms with van der Waals surface area (Å²) in [6.45, 7) is 3.01. The summed E-state index contributed by atoms with van der Waals surface area (Å²) in [5, 5.41) is 2.72. The lowest BCUT2D eigenvalue weighted by molar-refractivity contribution is 0.239. The number of carbonyl (C=O) groups excluding carboxylic acids is 1. The molecule has 4 nitrogen and oxygen atoms in total. The first-order valence-corrected chi connectivity index (χ1v) is 4.46. The zero-order valence-corrected chi connectivity index (χ0v) is 7.47. The third kappa shape index (κ3) is 2.70. The molecule has 4 N–H and O–H groups in total. The van der Waals surface area contributed by atoms with Crippen LogP contribution in [0.4, 0.5) is 4.79 Å². The van der Waals surface area contributed by atoms with Gasteiger partial charge in [-0.3, -0.25) is 5.43 Å². The maximum Gasteiger partial charge on any atom is 0.328 e. The second kappa shape index (κ2) is 4.30. The smallest absolute Gasteiger partial charge is 0.328 e. The predicted molar refractivity (Wildman–Crippen MR) is 47.2 cm³/mol. The molecule has 0 aromatic heterocycles. The van der Waals surface area contributed by atoms with E-state index in [0.717, 1.165) is 12.5 Å². The molecule has 0 aliphatic heterocycles. The van der Waals surface area contributed by atoms with Crippen molar-refractivity contribution in [3.63, 3.8) is 0 Å². The first-order chi connectivity index (χ1) is 5.72. The van der Waals surface area contributed by atoms with Crippen molar-refractivity contribution in [2.75, 3.05) is 6.54 Å². The highest BCUT2D eigenvalue weighted by Gasteiger charge is 2.21. The van der Waals surface area contributed by atoms with Crippen LogP contribution in [0, 0.1) is 11.8 Å². The van der Waals surface area contributed by atoms with Crippen LogP contribution >= 0.6 is 0 Å². The topological polar surface area (TPSA) is 67.2 Å². The van der Waals surface area contributed by atoms with Gasteiger partial charge in [0.1, 0.15) is 0 Å². The van der Waals surface area contributed by atoms with Crippen LogP contribution in [-0.4, -0.2) is 12.6 Å². The Balaban J connectivity index is 2.11. The molecular formula is C8H17N3O. The molecule has 2 unspecified atom stereocenters. The lowest BCUT2D eigenvalue weighted by Crippen LogP contribution is -2.41. The van der Waals surface area contributed by atoms with Gasteiger partial charge in [-0.25, -0.2) is 10.6 Å². The van der Waals surface area contributed by atoms with Crippen LogP contribution in [0.2, 0.25) is 0 Å². The molecule has 70 valence electrons. The van der Waals surface area contributed by atoms with Crippen molar-refractivity contribution in [1.82, 2.24) is 10.7 Å². The highest BCUT2D eigenvalue weighted by atomic mass is 16.2. The molecule has 2 atom stereocenters. The van der Waals surface area contributed by atoms with E-state index in [4.69, 9.17) is 5.84 Å². The zero-order valence-electron chi connectivity index (χ0n) is 7.47. The van der Waals surface area contributed by atoms with Gasteiger partial charge in [-0.15, -0.1) is 0 Å². The Labute approximate surface area is 72.9 Å². The van der Waals surface area contributed by atoms with Crippen molar-refractivity contribution in [2.45, 2.75) is 26.2 Å². The molecule has 0 aromatic rings. The average molecular weight is 171 g/mol. The number of nitrogens with two attached hydrogens (primary N) is 1. The fourth-order valence-corrected chi connectivity index (χ4v) is 1.80. The maximum absolute atomic E-state index is 10.7. The Morgan fingerprint density at radius 1 is 1.58 bits per heavy atom. The van der Waals surface area contributed by atoms with E-state index in [2.05, 4.69) is 17.7 Å². The minimum absolute atomic E-state index is 0.283. The summed E-state index contributed by atoms with van der Waals surface area (Å²) in [7, 11) is 0. The zero-order chi connectivity index (χ0) is 8.97. The number of urea groups is 1. The predicted octanol–water partition coefficient (Wildman–Crippen LogP) is 0.595. The minimum atomic E-state index is -0.283. The Bertz CT molecular complexity index is 160. The summed E-state index contributed by atoms with van der Waals surface area (Å²) in [4.78, 5) is 10.7. The van der Waals surface area contributed by atoms with Gasteiger partial charge >= 0.3 is 6.03 Å². The number of nitrogens with one attached hydrogen (secondary N) is 2. The van der Waals surface area contributed by atoms with Crippen LogP contribution in [0.25, 0.3) is 0 Å². The molecule has 0 spiro atoms. The van der Waals surface area contributed by atoms with Crippen LogP contribution in [0.15, 0.2) is 0 Å². The van der Waals surface area contributed by atoms with Crippen molar-refractivity contribution in [3.05, 3.63) is 0 Å². The molecule has 2 amide bonds. The summed E-state index contributed by atoms with van der Waals surface area (Å²) in [6, 6.07) is -0.283. The van der Waals surface area contributed by atoms with E-state index in [1.165, 1.54) is 19.3 Å². The Morgan fingerprint density at radius 3 is 2.83 bits per heavy atom. The van der Waals surface area contributed by atoms with Gasteiger partial charge in [-0.05, 0) is 24.7 Å². The third-order valence-electron chi connectivity index (χ3n) is 2.49. The SMILES string of the molecule is CC1CCC(CNC(=O)NN)C1. The van der Waals surface area contributed by atoms with E-state index >= 15 is 0 Å². The fraction of sp³-hybridized carbons (Fsp3) is 0.875. The van der Waals surface area contributed by atoms with E-state index in [-0.39, 0.29) is 6.03 Å². The van der Waals surface area contributed by atoms with Gasteiger partial charge in [-0.1, -0.05) is 13.3 Å². The molecule has 12 heavy (non-hydrogen) atoms. The van der Waals surface area contributed by atoms with Gasteiger partial charge in [0.25, 0.3) is 0 Å². The summed E-state index contributed by atoms with van der Waals surface area (Å²) in [6.07, 6.45) is 3.74. The quantitative estimate of drug-likeness (QED) is 0.323. The molecule has 1 aliphatic carbocycles. The Morgan fingerprint density at radius 2 is 2.33 bits per heavy atom. The molecule has 0 heterocycles. The van der Waals surface area contributed by atoms with Gasteiger partial charge < -0.3 is 5.32 Å². The first kappa shape index (κ1) is 9.32. The number of hydrogen-bond donors (Lipinski definition) is 3. The molecule has 1 saturated carbocycles. The van der Waals surface area contributed by atoms with E-state index < -0.39 is 0 Å². The molecule has 1 rings (SSSR count). The summed E-state index contributed by atoms with van der Waals surface area (Å²) < 4.78 is 0. The third-order valence-corrected chi connectivity index (χ3v) is 2.49. The largest absolute Gasteiger partial charge is 0.337 e. The van der Waals surface area contributed by atoms with Gasteiger partial charge in [0, 0.05) is 6.54 Å². The molecule has 4 heteroatoms. The number of rotatable bonds is 2. The van der Waals surface area contributed by atoms with Crippen LogP contribution in [0.1, 0.15) is 26.2 Å². The number of amides is 2. The normalized spacial score (nSPS) is 28.5. The van der Waals surface area contributed by atoms with Gasteiger partial charge in [0.15, 0.2) is 0 Å². The van der Waals surface area contributed by atoms with E-state index in [0.29, 0.717) is 5.92 Å². The summed E-state index contributed by atoms with van der Waals surface area (Å²) >= 11 is 0. The van der Waals surface area contributed by atoms with E-state index in [1.807, 2.05) is 0 Å². The first-order valence-electron chi connectivity index (χ1n) is 4.46. The molecule has 0 aromatic carbocycles. The molecule has 1 fully saturated rings. The van der Waals surface area contributed by atoms with Crippen molar-refractivity contribution in [1.29, 1.82) is 0 Å². The number of hydrazine groups is 1. The van der Waals surface area contributed by atoms with Gasteiger partial charge in [0.05, 0.1) is 0 Å². The Kier molecular flexibility index (Phi) is 3.34. The van der Waals surface area contributed by atoms with Crippen molar-refractivity contribution in [3.8, 4) is 0 Å². The molecule has 0 saturated heterocycles. The number of carbonyl (C=O) groups is 1. The number of hydrogen-bond acceptors (Lipinski definition) is 2. The van der Waals surface area contributed by atoms with Gasteiger partial charge in [0.2, 0.25) is 0 Å². The molecule has 0 radical (unpaired) electrons. The summed E-state index contributed by atoms with van der Waals surface area (Å²) in [5.41, 5.74) is 2.05. The van der Waals surface area contributed by atoms with Crippen molar-refractivity contribution in [2.24, 2.45) is 17.7 Å². The van der Waals surface area contributed by atoms with Crippen LogP contribution in [0.3, 0.4) is 0 Å². The monoisotopic (exact) mass is 171 g/mol. The second-order valence-electron chi connectivity index (χ2n) is 3.64. The molecule has 0 bridgehead atoms.